The third-order valence-electron chi connectivity index (χ3n) is 1.41. The Labute approximate surface area is 118 Å². The number of hydrogen-bond acceptors (Lipinski definition) is 2. The van der Waals surface area contributed by atoms with Crippen LogP contribution in [0.1, 0.15) is 0 Å². The van der Waals surface area contributed by atoms with E-state index < -0.39 is 10.0 Å². The molecule has 1 aromatic rings. The fraction of sp³-hybridized carbons (Fsp3) is 0.143. The van der Waals surface area contributed by atoms with E-state index in [9.17, 15) is 8.42 Å². The van der Waals surface area contributed by atoms with Crippen LogP contribution in [0.3, 0.4) is 0 Å². The molecule has 8 heteroatoms. The molecule has 0 atom stereocenters. The van der Waals surface area contributed by atoms with Gasteiger partial charge in [0.2, 0.25) is 10.0 Å². The number of sulfonamides is 1. The minimum Gasteiger partial charge on any atom is -0.281 e. The molecule has 0 spiro atoms. The number of nitrogens with one attached hydrogen (secondary N) is 1. The first kappa shape index (κ1) is 13.8. The largest absolute Gasteiger partial charge is 0.281 e. The van der Waals surface area contributed by atoms with Crippen molar-refractivity contribution in [3.8, 4) is 0 Å². The molecule has 0 aromatic heterocycles. The van der Waals surface area contributed by atoms with Gasteiger partial charge >= 0.3 is 0 Å². The van der Waals surface area contributed by atoms with Gasteiger partial charge in [-0.2, -0.15) is 0 Å². The van der Waals surface area contributed by atoms with Crippen molar-refractivity contribution in [1.29, 1.82) is 0 Å². The van der Waals surface area contributed by atoms with E-state index in [2.05, 4.69) is 52.5 Å². The highest BCUT2D eigenvalue weighted by Gasteiger charge is 2.13. The summed E-state index contributed by atoms with van der Waals surface area (Å²) in [6.45, 7) is 0. The van der Waals surface area contributed by atoms with Crippen LogP contribution >= 0.6 is 59.4 Å². The van der Waals surface area contributed by atoms with E-state index in [1.165, 1.54) is 0 Å². The highest BCUT2D eigenvalue weighted by molar-refractivity contribution is 9.11. The quantitative estimate of drug-likeness (QED) is 0.721. The molecule has 0 saturated heterocycles. The zero-order chi connectivity index (χ0) is 11.6. The highest BCUT2D eigenvalue weighted by Crippen LogP contribution is 2.34. The van der Waals surface area contributed by atoms with E-state index in [-0.39, 0.29) is 4.66 Å². The van der Waals surface area contributed by atoms with Crippen LogP contribution in [0, 0.1) is 0 Å². The van der Waals surface area contributed by atoms with E-state index >= 15 is 0 Å². The second-order valence-corrected chi connectivity index (χ2v) is 7.74. The van der Waals surface area contributed by atoms with Crippen molar-refractivity contribution in [2.45, 2.75) is 0 Å². The predicted molar refractivity (Wildman–Crippen MR) is 73.2 cm³/mol. The molecule has 0 aliphatic carbocycles. The maximum absolute atomic E-state index is 11.3. The van der Waals surface area contributed by atoms with Crippen LogP contribution in [0.5, 0.6) is 0 Å². The third kappa shape index (κ3) is 3.89. The normalized spacial score (nSPS) is 11.5. The molecule has 0 fully saturated rings. The average Bonchev–Trinajstić information content (AvgIpc) is 2.11. The van der Waals surface area contributed by atoms with Gasteiger partial charge in [0.25, 0.3) is 0 Å². The van der Waals surface area contributed by atoms with Crippen molar-refractivity contribution in [3.05, 3.63) is 26.1 Å². The molecule has 84 valence electrons. The lowest BCUT2D eigenvalue weighted by molar-refractivity contribution is 0.606. The molecular weight excluding hydrogens is 437 g/mol. The van der Waals surface area contributed by atoms with Crippen molar-refractivity contribution >= 4 is 75.1 Å². The standard InChI is InChI=1S/C7H5Br3ClNO2S/c8-3-15(13,14)12-7-5(9)1-4(11)2-6(7)10/h1-2,12H,3H2. The van der Waals surface area contributed by atoms with Crippen LogP contribution in [0.4, 0.5) is 5.69 Å². The van der Waals surface area contributed by atoms with Crippen LogP contribution in [0.2, 0.25) is 5.02 Å². The van der Waals surface area contributed by atoms with E-state index in [1.54, 1.807) is 12.1 Å². The maximum Gasteiger partial charge on any atom is 0.242 e. The maximum atomic E-state index is 11.3. The predicted octanol–water partition coefficient (Wildman–Crippen LogP) is 3.96. The molecule has 3 nitrogen and oxygen atoms in total. The molecule has 0 heterocycles. The van der Waals surface area contributed by atoms with Gasteiger partial charge in [0.05, 0.1) is 5.69 Å². The number of anilines is 1. The average molecular weight is 442 g/mol. The van der Waals surface area contributed by atoms with Crippen LogP contribution in [-0.4, -0.2) is 13.1 Å². The van der Waals surface area contributed by atoms with Crippen molar-refractivity contribution in [3.63, 3.8) is 0 Å². The molecule has 0 radical (unpaired) electrons. The van der Waals surface area contributed by atoms with E-state index in [0.717, 1.165) is 0 Å². The summed E-state index contributed by atoms with van der Waals surface area (Å²) in [5.74, 6) is 0. The molecule has 0 unspecified atom stereocenters. The van der Waals surface area contributed by atoms with Gasteiger partial charge in [0.15, 0.2) is 0 Å². The molecule has 0 aliphatic rings. The smallest absolute Gasteiger partial charge is 0.242 e. The monoisotopic (exact) mass is 439 g/mol. The highest BCUT2D eigenvalue weighted by atomic mass is 79.9. The lowest BCUT2D eigenvalue weighted by Crippen LogP contribution is -2.13. The Kier molecular flexibility index (Phi) is 4.91. The Hall–Kier alpha value is 0.700. The minimum absolute atomic E-state index is 0.165. The first-order chi connectivity index (χ1) is 6.85. The summed E-state index contributed by atoms with van der Waals surface area (Å²) in [6, 6.07) is 3.22. The number of benzene rings is 1. The fourth-order valence-corrected chi connectivity index (χ4v) is 3.88. The van der Waals surface area contributed by atoms with E-state index in [0.29, 0.717) is 19.7 Å². The van der Waals surface area contributed by atoms with Gasteiger partial charge in [0.1, 0.15) is 4.66 Å². The van der Waals surface area contributed by atoms with E-state index in [1.807, 2.05) is 0 Å². The zero-order valence-electron chi connectivity index (χ0n) is 7.10. The molecule has 1 N–H and O–H groups in total. The van der Waals surface area contributed by atoms with Gasteiger partial charge in [0, 0.05) is 14.0 Å². The molecule has 1 rings (SSSR count). The summed E-state index contributed by atoms with van der Waals surface area (Å²) >= 11 is 15.1. The molecule has 0 amide bonds. The SMILES string of the molecule is O=S(=O)(CBr)Nc1c(Br)cc(Cl)cc1Br. The Morgan fingerprint density at radius 3 is 2.13 bits per heavy atom. The summed E-state index contributed by atoms with van der Waals surface area (Å²) in [6.07, 6.45) is 0. The van der Waals surface area contributed by atoms with E-state index in [4.69, 9.17) is 11.6 Å². The van der Waals surface area contributed by atoms with Crippen LogP contribution in [-0.2, 0) is 10.0 Å². The van der Waals surface area contributed by atoms with Gasteiger partial charge in [-0.15, -0.1) is 0 Å². The van der Waals surface area contributed by atoms with Crippen molar-refractivity contribution < 1.29 is 8.42 Å². The lowest BCUT2D eigenvalue weighted by atomic mass is 10.3. The number of alkyl halides is 1. The summed E-state index contributed by atoms with van der Waals surface area (Å²) in [7, 11) is -3.37. The molecule has 1 aromatic carbocycles. The second kappa shape index (κ2) is 5.35. The van der Waals surface area contributed by atoms with Gasteiger partial charge in [-0.05, 0) is 44.0 Å². The van der Waals surface area contributed by atoms with Gasteiger partial charge in [-0.3, -0.25) is 4.72 Å². The lowest BCUT2D eigenvalue weighted by Gasteiger charge is -2.10. The van der Waals surface area contributed by atoms with Gasteiger partial charge in [-0.25, -0.2) is 8.42 Å². The van der Waals surface area contributed by atoms with Crippen LogP contribution < -0.4 is 4.72 Å². The first-order valence-electron chi connectivity index (χ1n) is 3.57. The second-order valence-electron chi connectivity index (χ2n) is 2.57. The molecule has 0 bridgehead atoms. The van der Waals surface area contributed by atoms with Crippen molar-refractivity contribution in [1.82, 2.24) is 0 Å². The van der Waals surface area contributed by atoms with Crippen LogP contribution in [0.15, 0.2) is 21.1 Å². The van der Waals surface area contributed by atoms with Crippen molar-refractivity contribution in [2.75, 3.05) is 9.38 Å². The molecule has 15 heavy (non-hydrogen) atoms. The van der Waals surface area contributed by atoms with Crippen LogP contribution in [0.25, 0.3) is 0 Å². The summed E-state index contributed by atoms with van der Waals surface area (Å²) < 4.78 is 26.0. The Bertz CT molecular complexity index is 454. The number of rotatable bonds is 3. The summed E-state index contributed by atoms with van der Waals surface area (Å²) in [5, 5.41) is 0.510. The zero-order valence-corrected chi connectivity index (χ0v) is 13.4. The Morgan fingerprint density at radius 1 is 1.27 bits per heavy atom. The number of hydrogen-bond donors (Lipinski definition) is 1. The summed E-state index contributed by atoms with van der Waals surface area (Å²) in [4.78, 5) is 0. The molecule has 0 saturated carbocycles. The molecular formula is C7H5Br3ClNO2S. The first-order valence-corrected chi connectivity index (χ1v) is 8.30. The van der Waals surface area contributed by atoms with Crippen molar-refractivity contribution in [2.24, 2.45) is 0 Å². The molecule has 0 aliphatic heterocycles. The number of halogens is 4. The van der Waals surface area contributed by atoms with Gasteiger partial charge in [-0.1, -0.05) is 27.5 Å². The Balaban J connectivity index is 3.17. The minimum atomic E-state index is -3.37. The summed E-state index contributed by atoms with van der Waals surface area (Å²) in [5.41, 5.74) is 0.429. The fourth-order valence-electron chi connectivity index (χ4n) is 0.822. The Morgan fingerprint density at radius 2 is 1.73 bits per heavy atom. The topological polar surface area (TPSA) is 46.2 Å². The third-order valence-corrected chi connectivity index (χ3v) is 5.49. The van der Waals surface area contributed by atoms with Gasteiger partial charge < -0.3 is 0 Å².